The summed E-state index contributed by atoms with van der Waals surface area (Å²) in [6.45, 7) is 1.93. The van der Waals surface area contributed by atoms with E-state index in [9.17, 15) is 15.2 Å². The van der Waals surface area contributed by atoms with Crippen LogP contribution in [-0.2, 0) is 0 Å². The van der Waals surface area contributed by atoms with Gasteiger partial charge in [-0.15, -0.1) is 0 Å². The molecule has 0 saturated carbocycles. The van der Waals surface area contributed by atoms with Crippen LogP contribution in [0.3, 0.4) is 0 Å². The first-order valence-corrected chi connectivity index (χ1v) is 6.41. The molecule has 0 saturated heterocycles. The SMILES string of the molecule is CCCC(O)c1noc(-c2ccc(OC)c([N+](=O)[O-])c2)n1. The minimum atomic E-state index is -0.805. The number of nitro groups is 1. The minimum Gasteiger partial charge on any atom is -0.490 e. The van der Waals surface area contributed by atoms with Gasteiger partial charge in [0.2, 0.25) is 5.82 Å². The number of rotatable bonds is 6. The molecular formula is C13H15N3O5. The Morgan fingerprint density at radius 3 is 2.90 bits per heavy atom. The zero-order valence-corrected chi connectivity index (χ0v) is 11.6. The van der Waals surface area contributed by atoms with Crippen molar-refractivity contribution in [2.45, 2.75) is 25.9 Å². The van der Waals surface area contributed by atoms with Gasteiger partial charge in [-0.2, -0.15) is 4.98 Å². The average Bonchev–Trinajstić information content (AvgIpc) is 2.96. The highest BCUT2D eigenvalue weighted by Gasteiger charge is 2.20. The third kappa shape index (κ3) is 3.16. The summed E-state index contributed by atoms with van der Waals surface area (Å²) < 4.78 is 9.97. The predicted molar refractivity (Wildman–Crippen MR) is 72.8 cm³/mol. The fourth-order valence-corrected chi connectivity index (χ4v) is 1.86. The molecule has 0 fully saturated rings. The van der Waals surface area contributed by atoms with Crippen LogP contribution in [0, 0.1) is 10.1 Å². The Morgan fingerprint density at radius 1 is 1.52 bits per heavy atom. The highest BCUT2D eigenvalue weighted by molar-refractivity contribution is 5.62. The second-order valence-electron chi connectivity index (χ2n) is 4.41. The standard InChI is InChI=1S/C13H15N3O5/c1-3-4-10(17)12-14-13(21-15-12)8-5-6-11(20-2)9(7-8)16(18)19/h5-7,10,17H,3-4H2,1-2H3. The molecule has 0 radical (unpaired) electrons. The lowest BCUT2D eigenvalue weighted by Gasteiger charge is -2.02. The Kier molecular flexibility index (Phi) is 4.49. The van der Waals surface area contributed by atoms with Crippen molar-refractivity contribution in [2.24, 2.45) is 0 Å². The monoisotopic (exact) mass is 293 g/mol. The van der Waals surface area contributed by atoms with Crippen molar-refractivity contribution in [1.29, 1.82) is 0 Å². The van der Waals surface area contributed by atoms with Gasteiger partial charge in [0.05, 0.1) is 12.0 Å². The fraction of sp³-hybridized carbons (Fsp3) is 0.385. The Bertz CT molecular complexity index is 640. The topological polar surface area (TPSA) is 112 Å². The van der Waals surface area contributed by atoms with Crippen molar-refractivity contribution in [2.75, 3.05) is 7.11 Å². The van der Waals surface area contributed by atoms with E-state index in [1.54, 1.807) is 6.07 Å². The largest absolute Gasteiger partial charge is 0.490 e. The van der Waals surface area contributed by atoms with E-state index in [1.807, 2.05) is 6.92 Å². The van der Waals surface area contributed by atoms with Gasteiger partial charge in [-0.25, -0.2) is 0 Å². The van der Waals surface area contributed by atoms with E-state index >= 15 is 0 Å². The molecule has 8 heteroatoms. The molecule has 0 bridgehead atoms. The van der Waals surface area contributed by atoms with Crippen LogP contribution in [0.25, 0.3) is 11.5 Å². The van der Waals surface area contributed by atoms with E-state index in [0.717, 1.165) is 6.42 Å². The van der Waals surface area contributed by atoms with Gasteiger partial charge in [0.15, 0.2) is 5.75 Å². The van der Waals surface area contributed by atoms with E-state index in [2.05, 4.69) is 10.1 Å². The maximum atomic E-state index is 11.0. The first kappa shape index (κ1) is 14.9. The van der Waals surface area contributed by atoms with Gasteiger partial charge in [0.1, 0.15) is 6.10 Å². The van der Waals surface area contributed by atoms with E-state index in [1.165, 1.54) is 19.2 Å². The quantitative estimate of drug-likeness (QED) is 0.643. The Labute approximate surface area is 120 Å². The summed E-state index contributed by atoms with van der Waals surface area (Å²) >= 11 is 0. The molecule has 0 spiro atoms. The lowest BCUT2D eigenvalue weighted by molar-refractivity contribution is -0.385. The summed E-state index contributed by atoms with van der Waals surface area (Å²) in [6.07, 6.45) is 0.488. The highest BCUT2D eigenvalue weighted by Crippen LogP contribution is 2.31. The Morgan fingerprint density at radius 2 is 2.29 bits per heavy atom. The van der Waals surface area contributed by atoms with Crippen molar-refractivity contribution in [3.63, 3.8) is 0 Å². The van der Waals surface area contributed by atoms with E-state index in [4.69, 9.17) is 9.26 Å². The molecule has 1 atom stereocenters. The Hall–Kier alpha value is -2.48. The molecule has 1 N–H and O–H groups in total. The molecule has 0 amide bonds. The number of aliphatic hydroxyl groups is 1. The molecule has 1 aromatic heterocycles. The summed E-state index contributed by atoms with van der Waals surface area (Å²) in [6, 6.07) is 4.33. The van der Waals surface area contributed by atoms with Crippen molar-refractivity contribution in [1.82, 2.24) is 10.1 Å². The summed E-state index contributed by atoms with van der Waals surface area (Å²) in [5.41, 5.74) is 0.203. The third-order valence-electron chi connectivity index (χ3n) is 2.92. The van der Waals surface area contributed by atoms with Crippen LogP contribution in [0.1, 0.15) is 31.7 Å². The maximum absolute atomic E-state index is 11.0. The van der Waals surface area contributed by atoms with E-state index in [0.29, 0.717) is 12.0 Å². The molecule has 0 aliphatic rings. The van der Waals surface area contributed by atoms with Crippen molar-refractivity contribution >= 4 is 5.69 Å². The molecule has 1 heterocycles. The Balaban J connectivity index is 2.34. The summed E-state index contributed by atoms with van der Waals surface area (Å²) in [7, 11) is 1.36. The summed E-state index contributed by atoms with van der Waals surface area (Å²) in [5, 5.41) is 24.5. The zero-order valence-electron chi connectivity index (χ0n) is 11.6. The predicted octanol–water partition coefficient (Wildman–Crippen LogP) is 2.49. The van der Waals surface area contributed by atoms with Crippen LogP contribution < -0.4 is 4.74 Å². The van der Waals surface area contributed by atoms with Crippen LogP contribution in [0.2, 0.25) is 0 Å². The van der Waals surface area contributed by atoms with Crippen LogP contribution in [0.4, 0.5) is 5.69 Å². The molecule has 8 nitrogen and oxygen atoms in total. The van der Waals surface area contributed by atoms with Gasteiger partial charge in [-0.1, -0.05) is 18.5 Å². The number of ether oxygens (including phenoxy) is 1. The van der Waals surface area contributed by atoms with Gasteiger partial charge in [-0.05, 0) is 18.6 Å². The number of nitrogens with zero attached hydrogens (tertiary/aromatic N) is 3. The second kappa shape index (κ2) is 6.31. The van der Waals surface area contributed by atoms with Crippen LogP contribution >= 0.6 is 0 Å². The molecule has 2 rings (SSSR count). The lowest BCUT2D eigenvalue weighted by Crippen LogP contribution is -1.99. The summed E-state index contributed by atoms with van der Waals surface area (Å²) in [5.74, 6) is 0.436. The van der Waals surface area contributed by atoms with Crippen molar-refractivity contribution < 1.29 is 19.3 Å². The molecule has 1 aromatic carbocycles. The molecule has 1 unspecified atom stereocenters. The second-order valence-corrected chi connectivity index (χ2v) is 4.41. The highest BCUT2D eigenvalue weighted by atomic mass is 16.6. The van der Waals surface area contributed by atoms with Gasteiger partial charge in [0.25, 0.3) is 5.89 Å². The first-order chi connectivity index (χ1) is 10.1. The van der Waals surface area contributed by atoms with Gasteiger partial charge >= 0.3 is 5.69 Å². The fourth-order valence-electron chi connectivity index (χ4n) is 1.86. The van der Waals surface area contributed by atoms with E-state index < -0.39 is 11.0 Å². The number of aliphatic hydroxyl groups excluding tert-OH is 1. The molecule has 0 aliphatic carbocycles. The molecule has 21 heavy (non-hydrogen) atoms. The normalized spacial score (nSPS) is 12.1. The number of benzene rings is 1. The van der Waals surface area contributed by atoms with E-state index in [-0.39, 0.29) is 23.2 Å². The zero-order chi connectivity index (χ0) is 15.4. The number of hydrogen-bond donors (Lipinski definition) is 1. The lowest BCUT2D eigenvalue weighted by atomic mass is 10.2. The summed E-state index contributed by atoms with van der Waals surface area (Å²) in [4.78, 5) is 14.5. The minimum absolute atomic E-state index is 0.117. The van der Waals surface area contributed by atoms with Crippen LogP contribution in [-0.4, -0.2) is 27.3 Å². The van der Waals surface area contributed by atoms with Crippen LogP contribution in [0.15, 0.2) is 22.7 Å². The van der Waals surface area contributed by atoms with Gasteiger partial charge < -0.3 is 14.4 Å². The van der Waals surface area contributed by atoms with Crippen molar-refractivity contribution in [3.05, 3.63) is 34.1 Å². The molecule has 112 valence electrons. The first-order valence-electron chi connectivity index (χ1n) is 6.41. The number of methoxy groups -OCH3 is 1. The number of nitro benzene ring substituents is 1. The molecule has 0 aliphatic heterocycles. The third-order valence-corrected chi connectivity index (χ3v) is 2.92. The molecule has 2 aromatic rings. The van der Waals surface area contributed by atoms with Crippen molar-refractivity contribution in [3.8, 4) is 17.2 Å². The van der Waals surface area contributed by atoms with Crippen LogP contribution in [0.5, 0.6) is 5.75 Å². The molecular weight excluding hydrogens is 278 g/mol. The number of aromatic nitrogens is 2. The number of hydrogen-bond acceptors (Lipinski definition) is 7. The average molecular weight is 293 g/mol. The smallest absolute Gasteiger partial charge is 0.311 e. The maximum Gasteiger partial charge on any atom is 0.311 e. The van der Waals surface area contributed by atoms with Gasteiger partial charge in [-0.3, -0.25) is 10.1 Å². The van der Waals surface area contributed by atoms with Gasteiger partial charge in [0, 0.05) is 11.6 Å².